The van der Waals surface area contributed by atoms with Crippen molar-refractivity contribution in [3.05, 3.63) is 77.6 Å². The van der Waals surface area contributed by atoms with Crippen molar-refractivity contribution in [2.75, 3.05) is 26.9 Å². The molecule has 1 fully saturated rings. The van der Waals surface area contributed by atoms with Gasteiger partial charge < -0.3 is 29.7 Å². The summed E-state index contributed by atoms with van der Waals surface area (Å²) in [4.78, 5) is 8.56. The highest BCUT2D eigenvalue weighted by Crippen LogP contribution is 2.35. The highest BCUT2D eigenvalue weighted by Gasteiger charge is 2.41. The number of piperidine rings is 1. The van der Waals surface area contributed by atoms with E-state index in [0.717, 1.165) is 47.0 Å². The van der Waals surface area contributed by atoms with Crippen molar-refractivity contribution in [2.45, 2.75) is 56.8 Å². The molecule has 0 amide bonds. The molecule has 7 nitrogen and oxygen atoms in total. The highest BCUT2D eigenvalue weighted by atomic mass is 28.3. The van der Waals surface area contributed by atoms with Gasteiger partial charge in [-0.1, -0.05) is 56.0 Å². The highest BCUT2D eigenvalue weighted by molar-refractivity contribution is 6.77. The Labute approximate surface area is 230 Å². The largest absolute Gasteiger partial charge is 0.503 e. The molecule has 0 bridgehead atoms. The number of fused-ring (bicyclic) bond motifs is 1. The molecule has 0 saturated carbocycles. The smallest absolute Gasteiger partial charge is 0.493 e. The lowest BCUT2D eigenvalue weighted by molar-refractivity contribution is -0.00141. The maximum Gasteiger partial charge on any atom is 0.503 e. The molecule has 39 heavy (non-hydrogen) atoms. The molecule has 0 spiro atoms. The lowest BCUT2D eigenvalue weighted by atomic mass is 9.87. The van der Waals surface area contributed by atoms with Crippen LogP contribution < -0.4 is 10.1 Å². The summed E-state index contributed by atoms with van der Waals surface area (Å²) in [6.07, 6.45) is 0.0625. The molecule has 1 aliphatic heterocycles. The van der Waals surface area contributed by atoms with Gasteiger partial charge in [-0.15, -0.1) is 0 Å². The standard InChI is InChI=1S/C29H38FNO3Si.CH2O3/c1-32-17-6-18-33-27-8-5-7-23-19-21(9-14-25(23)27)20-34-28-26(22-10-12-24(30)13-11-22)15-16-31-29(28)35(2,3)4;2-1(3)4/h5,7-14,19,26,28-29,31H,6,15-18,20H2,1-4H3;(H2,2,3,4). The van der Waals surface area contributed by atoms with Crippen molar-refractivity contribution in [1.82, 2.24) is 5.32 Å². The van der Waals surface area contributed by atoms with Gasteiger partial charge in [-0.3, -0.25) is 0 Å². The monoisotopic (exact) mass is 557 g/mol. The molecule has 1 saturated heterocycles. The van der Waals surface area contributed by atoms with Crippen LogP contribution in [0.3, 0.4) is 0 Å². The Morgan fingerprint density at radius 1 is 1.05 bits per heavy atom. The van der Waals surface area contributed by atoms with Crippen LogP contribution in [0.15, 0.2) is 60.7 Å². The molecule has 0 aromatic heterocycles. The number of hydrogen-bond donors (Lipinski definition) is 3. The number of benzene rings is 3. The summed E-state index contributed by atoms with van der Waals surface area (Å²) in [6, 6.07) is 19.6. The van der Waals surface area contributed by atoms with Crippen LogP contribution in [0.4, 0.5) is 9.18 Å². The van der Waals surface area contributed by atoms with Crippen LogP contribution in [0.5, 0.6) is 5.75 Å². The second-order valence-corrected chi connectivity index (χ2v) is 16.2. The summed E-state index contributed by atoms with van der Waals surface area (Å²) in [5, 5.41) is 20.0. The van der Waals surface area contributed by atoms with Crippen LogP contribution in [0.25, 0.3) is 10.8 Å². The average molecular weight is 558 g/mol. The number of carboxylic acid groups (broad SMARTS) is 2. The Balaban J connectivity index is 0.000000983. The Morgan fingerprint density at radius 2 is 1.77 bits per heavy atom. The first-order valence-electron chi connectivity index (χ1n) is 13.3. The third-order valence-electron chi connectivity index (χ3n) is 6.87. The second-order valence-electron chi connectivity index (χ2n) is 10.8. The predicted octanol–water partition coefficient (Wildman–Crippen LogP) is 6.52. The van der Waals surface area contributed by atoms with E-state index in [9.17, 15) is 4.39 Å². The predicted molar refractivity (Wildman–Crippen MR) is 154 cm³/mol. The van der Waals surface area contributed by atoms with Gasteiger partial charge in [0.05, 0.1) is 27.4 Å². The topological polar surface area (TPSA) is 97.2 Å². The molecule has 3 aromatic carbocycles. The quantitative estimate of drug-likeness (QED) is 0.193. The van der Waals surface area contributed by atoms with Crippen molar-refractivity contribution in [3.8, 4) is 5.75 Å². The number of carbonyl (C=O) groups is 1. The van der Waals surface area contributed by atoms with E-state index in [1.807, 2.05) is 24.3 Å². The van der Waals surface area contributed by atoms with E-state index in [-0.39, 0.29) is 17.8 Å². The van der Waals surface area contributed by atoms with Gasteiger partial charge in [0.15, 0.2) is 0 Å². The van der Waals surface area contributed by atoms with E-state index in [0.29, 0.717) is 25.5 Å². The number of methoxy groups -OCH3 is 1. The molecule has 3 N–H and O–H groups in total. The van der Waals surface area contributed by atoms with Gasteiger partial charge in [0.2, 0.25) is 0 Å². The zero-order chi connectivity index (χ0) is 28.4. The van der Waals surface area contributed by atoms with Gasteiger partial charge in [0.1, 0.15) is 11.6 Å². The molecule has 4 rings (SSSR count). The van der Waals surface area contributed by atoms with Gasteiger partial charge in [-0.25, -0.2) is 9.18 Å². The Kier molecular flexibility index (Phi) is 11.3. The number of halogens is 1. The maximum atomic E-state index is 13.6. The summed E-state index contributed by atoms with van der Waals surface area (Å²) >= 11 is 0. The first-order valence-corrected chi connectivity index (χ1v) is 16.8. The van der Waals surface area contributed by atoms with Gasteiger partial charge in [-0.05, 0) is 53.7 Å². The van der Waals surface area contributed by atoms with Gasteiger partial charge in [-0.2, -0.15) is 0 Å². The molecule has 3 atom stereocenters. The van der Waals surface area contributed by atoms with E-state index in [1.54, 1.807) is 19.2 Å². The molecule has 0 aliphatic carbocycles. The Bertz CT molecular complexity index is 1200. The van der Waals surface area contributed by atoms with Gasteiger partial charge in [0, 0.05) is 37.1 Å². The molecular weight excluding hydrogens is 517 g/mol. The SMILES string of the molecule is COCCCOc1cccc2cc(COC3C(c4ccc(F)cc4)CCNC3[Si](C)(C)C)ccc12.O=C(O)O. The Hall–Kier alpha value is -2.98. The normalized spacial score (nSPS) is 19.3. The van der Waals surface area contributed by atoms with Crippen molar-refractivity contribution < 1.29 is 33.6 Å². The molecule has 1 aliphatic rings. The molecular formula is C30H40FNO6Si. The molecule has 1 heterocycles. The minimum Gasteiger partial charge on any atom is -0.493 e. The molecule has 3 unspecified atom stereocenters. The molecule has 0 radical (unpaired) electrons. The van der Waals surface area contributed by atoms with Gasteiger partial charge in [0.25, 0.3) is 0 Å². The van der Waals surface area contributed by atoms with Crippen LogP contribution in [-0.4, -0.2) is 63.1 Å². The van der Waals surface area contributed by atoms with Crippen LogP contribution in [0.2, 0.25) is 19.6 Å². The van der Waals surface area contributed by atoms with E-state index in [1.165, 1.54) is 0 Å². The first-order chi connectivity index (χ1) is 18.6. The minimum absolute atomic E-state index is 0.0482. The van der Waals surface area contributed by atoms with Crippen LogP contribution in [0.1, 0.15) is 29.9 Å². The fourth-order valence-electron chi connectivity index (χ4n) is 5.08. The lowest BCUT2D eigenvalue weighted by Gasteiger charge is -2.44. The number of nitrogens with one attached hydrogen (secondary N) is 1. The van der Waals surface area contributed by atoms with E-state index in [2.05, 4.69) is 49.2 Å². The molecule has 3 aromatic rings. The third kappa shape index (κ3) is 9.03. The summed E-state index contributed by atoms with van der Waals surface area (Å²) in [6.45, 7) is 9.99. The fourth-order valence-corrected chi connectivity index (χ4v) is 7.15. The van der Waals surface area contributed by atoms with E-state index >= 15 is 0 Å². The van der Waals surface area contributed by atoms with Crippen molar-refractivity contribution in [2.24, 2.45) is 0 Å². The Morgan fingerprint density at radius 3 is 2.44 bits per heavy atom. The van der Waals surface area contributed by atoms with Crippen LogP contribution in [0, 0.1) is 5.82 Å². The minimum atomic E-state index is -1.83. The summed E-state index contributed by atoms with van der Waals surface area (Å²) < 4.78 is 31.4. The second kappa shape index (κ2) is 14.4. The van der Waals surface area contributed by atoms with Crippen LogP contribution in [-0.2, 0) is 16.1 Å². The molecule has 9 heteroatoms. The number of rotatable bonds is 10. The fraction of sp³-hybridized carbons (Fsp3) is 0.433. The van der Waals surface area contributed by atoms with Crippen molar-refractivity contribution in [1.29, 1.82) is 0 Å². The molecule has 212 valence electrons. The average Bonchev–Trinajstić information content (AvgIpc) is 2.89. The third-order valence-corrected chi connectivity index (χ3v) is 9.27. The lowest BCUT2D eigenvalue weighted by Crippen LogP contribution is -2.61. The summed E-state index contributed by atoms with van der Waals surface area (Å²) in [7, 11) is 0.158. The summed E-state index contributed by atoms with van der Waals surface area (Å²) in [5.74, 6) is 0.957. The van der Waals surface area contributed by atoms with E-state index < -0.39 is 14.2 Å². The van der Waals surface area contributed by atoms with E-state index in [4.69, 9.17) is 29.2 Å². The number of ether oxygens (including phenoxy) is 3. The van der Waals surface area contributed by atoms with Gasteiger partial charge >= 0.3 is 6.16 Å². The zero-order valence-corrected chi connectivity index (χ0v) is 24.2. The maximum absolute atomic E-state index is 13.6. The summed E-state index contributed by atoms with van der Waals surface area (Å²) in [5.41, 5.74) is 2.64. The number of hydrogen-bond acceptors (Lipinski definition) is 5. The van der Waals surface area contributed by atoms with Crippen LogP contribution >= 0.6 is 0 Å². The zero-order valence-electron chi connectivity index (χ0n) is 23.2. The first kappa shape index (κ1) is 30.6. The van der Waals surface area contributed by atoms with Crippen molar-refractivity contribution in [3.63, 3.8) is 0 Å². The van der Waals surface area contributed by atoms with Crippen molar-refractivity contribution >= 4 is 25.0 Å².